The normalized spacial score (nSPS) is 13.9. The Morgan fingerprint density at radius 3 is 2.92 bits per heavy atom. The van der Waals surface area contributed by atoms with Crippen molar-refractivity contribution in [2.75, 3.05) is 17.2 Å². The highest BCUT2D eigenvalue weighted by atomic mass is 35.5. The minimum atomic E-state index is -0.327. The quantitative estimate of drug-likeness (QED) is 0.773. The molecule has 7 heteroatoms. The monoisotopic (exact) mass is 359 g/mol. The molecule has 3 amide bonds. The van der Waals surface area contributed by atoms with E-state index < -0.39 is 0 Å². The number of amides is 3. The van der Waals surface area contributed by atoms with Crippen molar-refractivity contribution in [3.63, 3.8) is 0 Å². The third-order valence-electron chi connectivity index (χ3n) is 3.84. The highest BCUT2D eigenvalue weighted by Gasteiger charge is 2.17. The van der Waals surface area contributed by atoms with Gasteiger partial charge in [-0.15, -0.1) is 0 Å². The maximum Gasteiger partial charge on any atom is 0.319 e. The van der Waals surface area contributed by atoms with Gasteiger partial charge < -0.3 is 20.7 Å². The molecule has 1 heterocycles. The van der Waals surface area contributed by atoms with Crippen molar-refractivity contribution in [2.45, 2.75) is 19.4 Å². The molecule has 2 aromatic carbocycles. The Bertz CT molecular complexity index is 810. The first-order chi connectivity index (χ1) is 12.0. The van der Waals surface area contributed by atoms with Crippen LogP contribution in [0.5, 0.6) is 5.75 Å². The number of hydrogen-bond donors (Lipinski definition) is 3. The smallest absolute Gasteiger partial charge is 0.319 e. The highest BCUT2D eigenvalue weighted by Crippen LogP contribution is 2.30. The van der Waals surface area contributed by atoms with E-state index in [0.717, 1.165) is 12.0 Å². The molecule has 1 unspecified atom stereocenters. The number of nitrogens with one attached hydrogen (secondary N) is 3. The van der Waals surface area contributed by atoms with E-state index in [1.165, 1.54) is 0 Å². The maximum absolute atomic E-state index is 12.3. The molecule has 0 aliphatic carbocycles. The van der Waals surface area contributed by atoms with Gasteiger partial charge in [0.1, 0.15) is 5.75 Å². The van der Waals surface area contributed by atoms with Gasteiger partial charge in [0, 0.05) is 16.8 Å². The SMILES string of the molecule is CCC(NC(=O)Nc1ccc2c(c1)OCC(=O)N2)c1cccc(Cl)c1. The van der Waals surface area contributed by atoms with Crippen LogP contribution in [0, 0.1) is 0 Å². The molecule has 1 aliphatic rings. The zero-order valence-corrected chi connectivity index (χ0v) is 14.4. The van der Waals surface area contributed by atoms with E-state index in [9.17, 15) is 9.59 Å². The summed E-state index contributed by atoms with van der Waals surface area (Å²) < 4.78 is 5.34. The summed E-state index contributed by atoms with van der Waals surface area (Å²) in [6, 6.07) is 12.0. The van der Waals surface area contributed by atoms with Crippen molar-refractivity contribution in [1.29, 1.82) is 0 Å². The largest absolute Gasteiger partial charge is 0.482 e. The van der Waals surface area contributed by atoms with Crippen LogP contribution < -0.4 is 20.7 Å². The lowest BCUT2D eigenvalue weighted by Gasteiger charge is -2.20. The molecule has 6 nitrogen and oxygen atoms in total. The number of carbonyl (C=O) groups is 2. The average molecular weight is 360 g/mol. The van der Waals surface area contributed by atoms with E-state index >= 15 is 0 Å². The highest BCUT2D eigenvalue weighted by molar-refractivity contribution is 6.30. The van der Waals surface area contributed by atoms with Gasteiger partial charge in [-0.1, -0.05) is 30.7 Å². The van der Waals surface area contributed by atoms with Gasteiger partial charge in [0.25, 0.3) is 5.91 Å². The molecule has 0 spiro atoms. The van der Waals surface area contributed by atoms with Gasteiger partial charge in [0.15, 0.2) is 6.61 Å². The molecule has 3 N–H and O–H groups in total. The van der Waals surface area contributed by atoms with Crippen LogP contribution in [0.4, 0.5) is 16.2 Å². The van der Waals surface area contributed by atoms with Crippen LogP contribution in [-0.2, 0) is 4.79 Å². The lowest BCUT2D eigenvalue weighted by atomic mass is 10.1. The number of urea groups is 1. The van der Waals surface area contributed by atoms with E-state index in [1.54, 1.807) is 24.3 Å². The standard InChI is InChI=1S/C18H18ClN3O3/c1-2-14(11-4-3-5-12(19)8-11)22-18(24)20-13-6-7-15-16(9-13)25-10-17(23)21-15/h3-9,14H,2,10H2,1H3,(H,21,23)(H2,20,22,24). The van der Waals surface area contributed by atoms with Gasteiger partial charge in [-0.25, -0.2) is 4.79 Å². The molecule has 0 saturated heterocycles. The van der Waals surface area contributed by atoms with E-state index in [1.807, 2.05) is 25.1 Å². The van der Waals surface area contributed by atoms with Crippen molar-refractivity contribution in [3.05, 3.63) is 53.1 Å². The Morgan fingerprint density at radius 1 is 1.32 bits per heavy atom. The third-order valence-corrected chi connectivity index (χ3v) is 4.07. The summed E-state index contributed by atoms with van der Waals surface area (Å²) in [5.41, 5.74) is 2.11. The molecule has 0 radical (unpaired) electrons. The number of carbonyl (C=O) groups excluding carboxylic acids is 2. The van der Waals surface area contributed by atoms with E-state index in [0.29, 0.717) is 22.1 Å². The summed E-state index contributed by atoms with van der Waals surface area (Å²) in [4.78, 5) is 23.6. The molecular formula is C18H18ClN3O3. The number of benzene rings is 2. The van der Waals surface area contributed by atoms with E-state index in [4.69, 9.17) is 16.3 Å². The lowest BCUT2D eigenvalue weighted by molar-refractivity contribution is -0.118. The Labute approximate surface area is 150 Å². The van der Waals surface area contributed by atoms with Gasteiger partial charge in [-0.2, -0.15) is 0 Å². The zero-order valence-electron chi connectivity index (χ0n) is 13.6. The average Bonchev–Trinajstić information content (AvgIpc) is 2.60. The van der Waals surface area contributed by atoms with Gasteiger partial charge in [-0.05, 0) is 36.2 Å². The fraction of sp³-hybridized carbons (Fsp3) is 0.222. The predicted octanol–water partition coefficient (Wildman–Crippen LogP) is 3.94. The Balaban J connectivity index is 1.66. The van der Waals surface area contributed by atoms with Crippen LogP contribution in [0.3, 0.4) is 0 Å². The van der Waals surface area contributed by atoms with Crippen molar-refractivity contribution in [2.24, 2.45) is 0 Å². The summed E-state index contributed by atoms with van der Waals surface area (Å²) in [6.07, 6.45) is 0.729. The Hall–Kier alpha value is -2.73. The second kappa shape index (κ2) is 7.44. The van der Waals surface area contributed by atoms with E-state index in [-0.39, 0.29) is 24.6 Å². The minimum absolute atomic E-state index is 0.0324. The number of ether oxygens (including phenoxy) is 1. The van der Waals surface area contributed by atoms with Crippen molar-refractivity contribution in [3.8, 4) is 5.75 Å². The number of fused-ring (bicyclic) bond motifs is 1. The molecule has 2 aromatic rings. The summed E-state index contributed by atoms with van der Waals surface area (Å²) in [7, 11) is 0. The minimum Gasteiger partial charge on any atom is -0.482 e. The van der Waals surface area contributed by atoms with Crippen LogP contribution in [0.2, 0.25) is 5.02 Å². The van der Waals surface area contributed by atoms with Crippen LogP contribution in [-0.4, -0.2) is 18.5 Å². The fourth-order valence-electron chi connectivity index (χ4n) is 2.62. The van der Waals surface area contributed by atoms with Crippen molar-refractivity contribution in [1.82, 2.24) is 5.32 Å². The molecule has 0 saturated carbocycles. The summed E-state index contributed by atoms with van der Waals surface area (Å²) in [5.74, 6) is 0.331. The second-order valence-electron chi connectivity index (χ2n) is 5.66. The van der Waals surface area contributed by atoms with Crippen molar-refractivity contribution < 1.29 is 14.3 Å². The van der Waals surface area contributed by atoms with Crippen LogP contribution in [0.25, 0.3) is 0 Å². The number of rotatable bonds is 4. The molecule has 0 aromatic heterocycles. The van der Waals surface area contributed by atoms with Gasteiger partial charge in [-0.3, -0.25) is 4.79 Å². The first-order valence-electron chi connectivity index (χ1n) is 7.95. The van der Waals surface area contributed by atoms with Crippen LogP contribution in [0.1, 0.15) is 24.9 Å². The lowest BCUT2D eigenvalue weighted by Crippen LogP contribution is -2.32. The Morgan fingerprint density at radius 2 is 2.16 bits per heavy atom. The predicted molar refractivity (Wildman–Crippen MR) is 97.2 cm³/mol. The van der Waals surface area contributed by atoms with Gasteiger partial charge in [0.2, 0.25) is 0 Å². The molecule has 0 fully saturated rings. The Kier molecular flexibility index (Phi) is 5.09. The topological polar surface area (TPSA) is 79.5 Å². The summed E-state index contributed by atoms with van der Waals surface area (Å²) >= 11 is 6.02. The maximum atomic E-state index is 12.3. The molecule has 1 aliphatic heterocycles. The molecule has 3 rings (SSSR count). The molecular weight excluding hydrogens is 342 g/mol. The first-order valence-corrected chi connectivity index (χ1v) is 8.32. The fourth-order valence-corrected chi connectivity index (χ4v) is 2.82. The third kappa shape index (κ3) is 4.22. The van der Waals surface area contributed by atoms with Crippen LogP contribution >= 0.6 is 11.6 Å². The van der Waals surface area contributed by atoms with Gasteiger partial charge >= 0.3 is 6.03 Å². The molecule has 25 heavy (non-hydrogen) atoms. The molecule has 1 atom stereocenters. The van der Waals surface area contributed by atoms with Gasteiger partial charge in [0.05, 0.1) is 11.7 Å². The number of halogens is 1. The number of anilines is 2. The van der Waals surface area contributed by atoms with E-state index in [2.05, 4.69) is 16.0 Å². The van der Waals surface area contributed by atoms with Crippen LogP contribution in [0.15, 0.2) is 42.5 Å². The summed E-state index contributed by atoms with van der Waals surface area (Å²) in [5, 5.41) is 9.04. The summed E-state index contributed by atoms with van der Waals surface area (Å²) in [6.45, 7) is 1.95. The van der Waals surface area contributed by atoms with Crippen molar-refractivity contribution >= 4 is 34.9 Å². The molecule has 0 bridgehead atoms. The zero-order chi connectivity index (χ0) is 17.8. The number of hydrogen-bond acceptors (Lipinski definition) is 3. The molecule has 130 valence electrons. The first kappa shape index (κ1) is 17.1. The second-order valence-corrected chi connectivity index (χ2v) is 6.10.